The van der Waals surface area contributed by atoms with E-state index in [9.17, 15) is 9.90 Å². The maximum Gasteiger partial charge on any atom is 0.289 e. The Kier molecular flexibility index (Phi) is 8.20. The number of rotatable bonds is 10. The fraction of sp³-hybridized carbons (Fsp3) is 0.0952. The first kappa shape index (κ1) is 30.9. The Morgan fingerprint density at radius 3 is 1.78 bits per heavy atom. The predicted octanol–water partition coefficient (Wildman–Crippen LogP) is 7.47. The van der Waals surface area contributed by atoms with Crippen LogP contribution in [0.2, 0.25) is 0 Å². The van der Waals surface area contributed by atoms with Crippen molar-refractivity contribution in [3.8, 4) is 11.3 Å². The number of hydrogen-bond donors (Lipinski definition) is 3. The minimum Gasteiger partial charge on any atom is -0.394 e. The van der Waals surface area contributed by atoms with E-state index in [1.807, 2.05) is 72.8 Å². The minimum atomic E-state index is -0.580. The van der Waals surface area contributed by atoms with Crippen molar-refractivity contribution in [2.75, 3.05) is 6.61 Å². The van der Waals surface area contributed by atoms with Crippen LogP contribution in [0.4, 0.5) is 0 Å². The third-order valence-electron chi connectivity index (χ3n) is 9.41. The third-order valence-corrected chi connectivity index (χ3v) is 9.41. The predicted molar refractivity (Wildman–Crippen MR) is 196 cm³/mol. The van der Waals surface area contributed by atoms with Crippen LogP contribution in [0.1, 0.15) is 38.9 Å². The van der Waals surface area contributed by atoms with Gasteiger partial charge in [0.25, 0.3) is 5.91 Å². The summed E-state index contributed by atoms with van der Waals surface area (Å²) in [6.07, 6.45) is 3.56. The number of carbonyl (C=O) groups excluding carboxylic acids is 1. The molecule has 8 nitrogen and oxygen atoms in total. The summed E-state index contributed by atoms with van der Waals surface area (Å²) in [6.45, 7) is 0.288. The lowest BCUT2D eigenvalue weighted by Crippen LogP contribution is -2.35. The number of carbonyl (C=O) groups is 1. The number of nitrogens with one attached hydrogen (secondary N) is 2. The first-order chi connectivity index (χ1) is 24.6. The highest BCUT2D eigenvalue weighted by atomic mass is 16.3. The summed E-state index contributed by atoms with van der Waals surface area (Å²) in [5.74, 6) is -0.399. The molecule has 244 valence electrons. The van der Waals surface area contributed by atoms with E-state index in [0.29, 0.717) is 17.6 Å². The Morgan fingerprint density at radius 2 is 1.24 bits per heavy atom. The van der Waals surface area contributed by atoms with Crippen molar-refractivity contribution in [3.05, 3.63) is 186 Å². The average Bonchev–Trinajstić information content (AvgIpc) is 3.77. The number of H-pyrrole nitrogens is 1. The van der Waals surface area contributed by atoms with Crippen LogP contribution in [-0.4, -0.2) is 42.4 Å². The highest BCUT2D eigenvalue weighted by Gasteiger charge is 2.37. The summed E-state index contributed by atoms with van der Waals surface area (Å²) >= 11 is 0. The van der Waals surface area contributed by atoms with Crippen LogP contribution in [0.5, 0.6) is 0 Å². The molecule has 50 heavy (non-hydrogen) atoms. The largest absolute Gasteiger partial charge is 0.394 e. The number of aromatic nitrogens is 5. The van der Waals surface area contributed by atoms with Crippen molar-refractivity contribution in [2.24, 2.45) is 0 Å². The molecule has 0 aliphatic rings. The molecule has 0 radical (unpaired) electrons. The van der Waals surface area contributed by atoms with E-state index in [0.717, 1.165) is 44.4 Å². The molecule has 3 N–H and O–H groups in total. The van der Waals surface area contributed by atoms with Crippen molar-refractivity contribution in [1.82, 2.24) is 30.0 Å². The quantitative estimate of drug-likeness (QED) is 0.133. The summed E-state index contributed by atoms with van der Waals surface area (Å²) in [5, 5.41) is 17.6. The maximum absolute atomic E-state index is 13.4. The summed E-state index contributed by atoms with van der Waals surface area (Å²) in [5.41, 5.74) is 7.69. The van der Waals surface area contributed by atoms with Gasteiger partial charge in [-0.25, -0.2) is 9.97 Å². The SMILES string of the molecule is O=C(N[C@H](CO)c1ccccc1)c1nc2cc3c(-c4ccncc4)[nH]n(CC(c4ccccc4)(c4ccccc4)c4ccccc4)c3cc2n1. The van der Waals surface area contributed by atoms with Crippen LogP contribution in [0.15, 0.2) is 158 Å². The van der Waals surface area contributed by atoms with Gasteiger partial charge in [-0.05, 0) is 46.5 Å². The second kappa shape index (κ2) is 13.3. The van der Waals surface area contributed by atoms with Crippen molar-refractivity contribution in [1.29, 1.82) is 0 Å². The van der Waals surface area contributed by atoms with Gasteiger partial charge >= 0.3 is 0 Å². The molecule has 1 amide bonds. The van der Waals surface area contributed by atoms with E-state index in [1.165, 1.54) is 0 Å². The number of aromatic amines is 1. The number of amides is 1. The molecule has 1 atom stereocenters. The zero-order valence-corrected chi connectivity index (χ0v) is 27.1. The molecule has 3 aromatic heterocycles. The van der Waals surface area contributed by atoms with E-state index in [1.54, 1.807) is 12.4 Å². The van der Waals surface area contributed by atoms with Gasteiger partial charge in [0.2, 0.25) is 5.82 Å². The normalized spacial score (nSPS) is 12.3. The number of fused-ring (bicyclic) bond motifs is 2. The van der Waals surface area contributed by atoms with E-state index >= 15 is 0 Å². The number of pyridine rings is 1. The van der Waals surface area contributed by atoms with Gasteiger partial charge in [0.15, 0.2) is 0 Å². The monoisotopic (exact) mass is 654 g/mol. The van der Waals surface area contributed by atoms with Gasteiger partial charge in [-0.1, -0.05) is 121 Å². The van der Waals surface area contributed by atoms with Gasteiger partial charge in [0.1, 0.15) is 0 Å². The fourth-order valence-corrected chi connectivity index (χ4v) is 6.96. The summed E-state index contributed by atoms with van der Waals surface area (Å²) in [4.78, 5) is 27.1. The molecular formula is C42H34N6O2. The molecule has 0 fully saturated rings. The minimum absolute atomic E-state index is 0.0511. The Bertz CT molecular complexity index is 2280. The van der Waals surface area contributed by atoms with Crippen molar-refractivity contribution < 1.29 is 9.90 Å². The van der Waals surface area contributed by atoms with Gasteiger partial charge in [-0.3, -0.25) is 19.6 Å². The van der Waals surface area contributed by atoms with E-state index in [2.05, 4.69) is 97.9 Å². The van der Waals surface area contributed by atoms with Crippen LogP contribution in [0.25, 0.3) is 33.2 Å². The standard InChI is InChI=1S/C42H34N6O2/c49-27-37(29-13-5-1-6-14-29)46-41(50)40-44-35-25-34-38(26-36(35)45-40)48(47-39(34)30-21-23-43-24-22-30)28-42(31-15-7-2-8-16-31,32-17-9-3-10-18-32)33-19-11-4-12-20-33/h1-26,37,47,49H,27-28H2,(H,46,50)/t37-/m1/s1. The fourth-order valence-electron chi connectivity index (χ4n) is 6.96. The number of hydrogen-bond acceptors (Lipinski definition) is 5. The van der Waals surface area contributed by atoms with Crippen LogP contribution in [0.3, 0.4) is 0 Å². The number of benzene rings is 5. The lowest BCUT2D eigenvalue weighted by atomic mass is 9.69. The molecule has 0 bridgehead atoms. The van der Waals surface area contributed by atoms with Crippen LogP contribution in [-0.2, 0) is 12.0 Å². The van der Waals surface area contributed by atoms with Crippen LogP contribution in [0, 0.1) is 0 Å². The number of aliphatic hydroxyl groups excluding tert-OH is 1. The first-order valence-corrected chi connectivity index (χ1v) is 16.6. The Morgan fingerprint density at radius 1 is 0.720 bits per heavy atom. The van der Waals surface area contributed by atoms with Crippen molar-refractivity contribution in [2.45, 2.75) is 18.0 Å². The summed E-state index contributed by atoms with van der Waals surface area (Å²) < 4.78 is 2.18. The topological polar surface area (TPSA) is 109 Å². The van der Waals surface area contributed by atoms with E-state index in [-0.39, 0.29) is 12.4 Å². The van der Waals surface area contributed by atoms with E-state index < -0.39 is 17.4 Å². The summed E-state index contributed by atoms with van der Waals surface area (Å²) in [6, 6.07) is 48.6. The van der Waals surface area contributed by atoms with Gasteiger partial charge in [0, 0.05) is 23.3 Å². The number of nitrogens with zero attached hydrogens (tertiary/aromatic N) is 4. The molecule has 0 unspecified atom stereocenters. The molecule has 5 aromatic carbocycles. The van der Waals surface area contributed by atoms with Crippen molar-refractivity contribution in [3.63, 3.8) is 0 Å². The Balaban J connectivity index is 1.30. The molecule has 0 aliphatic heterocycles. The average molecular weight is 655 g/mol. The first-order valence-electron chi connectivity index (χ1n) is 16.6. The smallest absolute Gasteiger partial charge is 0.289 e. The molecule has 0 aliphatic carbocycles. The lowest BCUT2D eigenvalue weighted by molar-refractivity contribution is 0.0907. The zero-order chi connectivity index (χ0) is 33.9. The third kappa shape index (κ3) is 5.61. The lowest BCUT2D eigenvalue weighted by Gasteiger charge is -2.36. The van der Waals surface area contributed by atoms with Crippen LogP contribution >= 0.6 is 0 Å². The molecule has 8 aromatic rings. The van der Waals surface area contributed by atoms with Gasteiger partial charge in [-0.2, -0.15) is 0 Å². The van der Waals surface area contributed by atoms with Crippen molar-refractivity contribution >= 4 is 27.8 Å². The highest BCUT2D eigenvalue weighted by Crippen LogP contribution is 2.42. The highest BCUT2D eigenvalue weighted by molar-refractivity contribution is 6.03. The zero-order valence-electron chi connectivity index (χ0n) is 27.1. The Hall–Kier alpha value is -6.38. The van der Waals surface area contributed by atoms with Gasteiger partial charge in [0.05, 0.1) is 46.9 Å². The molecule has 0 spiro atoms. The molecule has 3 heterocycles. The number of aliphatic hydroxyl groups is 1. The Labute approximate surface area is 289 Å². The van der Waals surface area contributed by atoms with E-state index in [4.69, 9.17) is 4.98 Å². The number of imidazole rings is 1. The molecule has 0 saturated heterocycles. The second-order valence-corrected chi connectivity index (χ2v) is 12.3. The second-order valence-electron chi connectivity index (χ2n) is 12.3. The van der Waals surface area contributed by atoms with Gasteiger partial charge in [-0.15, -0.1) is 0 Å². The van der Waals surface area contributed by atoms with Crippen LogP contribution < -0.4 is 5.32 Å². The van der Waals surface area contributed by atoms with Gasteiger partial charge < -0.3 is 10.4 Å². The molecular weight excluding hydrogens is 621 g/mol. The summed E-state index contributed by atoms with van der Waals surface area (Å²) in [7, 11) is 0. The maximum atomic E-state index is 13.4. The molecule has 8 heteroatoms. The molecule has 8 rings (SSSR count). The molecule has 0 saturated carbocycles.